The average Bonchev–Trinajstić information content (AvgIpc) is 3.30. The number of rotatable bonds is 5. The number of aryl methyl sites for hydroxylation is 1. The summed E-state index contributed by atoms with van der Waals surface area (Å²) >= 11 is 0. The molecule has 2 N–H and O–H groups in total. The lowest BCUT2D eigenvalue weighted by Gasteiger charge is -2.38. The van der Waals surface area contributed by atoms with Crippen LogP contribution < -0.4 is 10.1 Å². The monoisotopic (exact) mass is 315 g/mol. The fourth-order valence-corrected chi connectivity index (χ4v) is 4.10. The number of carbonyl (C=O) groups is 1. The first kappa shape index (κ1) is 15.0. The molecule has 1 aromatic carbocycles. The first-order chi connectivity index (χ1) is 11.1. The SMILES string of the molecule is C[C@H](C(=O)O)[C@H](c1ccc2c(c1)O[C@@H](C1CNC1)CC2)C1CC1. The molecule has 1 aliphatic carbocycles. The zero-order valence-electron chi connectivity index (χ0n) is 13.6. The number of fused-ring (bicyclic) bond motifs is 1. The van der Waals surface area contributed by atoms with E-state index in [1.807, 2.05) is 6.92 Å². The molecule has 1 saturated carbocycles. The van der Waals surface area contributed by atoms with Gasteiger partial charge in [0, 0.05) is 19.0 Å². The smallest absolute Gasteiger partial charge is 0.306 e. The molecule has 0 bridgehead atoms. The number of aliphatic carboxylic acids is 1. The average molecular weight is 315 g/mol. The van der Waals surface area contributed by atoms with Gasteiger partial charge in [0.15, 0.2) is 0 Å². The summed E-state index contributed by atoms with van der Waals surface area (Å²) in [5.74, 6) is 1.23. The highest BCUT2D eigenvalue weighted by atomic mass is 16.5. The third kappa shape index (κ3) is 2.85. The minimum Gasteiger partial charge on any atom is -0.490 e. The summed E-state index contributed by atoms with van der Waals surface area (Å²) in [6.45, 7) is 3.95. The van der Waals surface area contributed by atoms with Gasteiger partial charge < -0.3 is 15.2 Å². The molecule has 0 radical (unpaired) electrons. The third-order valence-corrected chi connectivity index (χ3v) is 5.85. The van der Waals surface area contributed by atoms with Crippen molar-refractivity contribution in [2.24, 2.45) is 17.8 Å². The van der Waals surface area contributed by atoms with Crippen LogP contribution in [0.5, 0.6) is 5.75 Å². The maximum absolute atomic E-state index is 11.5. The topological polar surface area (TPSA) is 58.6 Å². The molecule has 0 amide bonds. The van der Waals surface area contributed by atoms with Crippen molar-refractivity contribution in [1.82, 2.24) is 5.32 Å². The summed E-state index contributed by atoms with van der Waals surface area (Å²) in [4.78, 5) is 11.5. The van der Waals surface area contributed by atoms with E-state index in [0.29, 0.717) is 17.9 Å². The standard InChI is InChI=1S/C19H25NO3/c1-11(19(21)22)18(13-3-4-13)14-5-2-12-6-7-16(15-9-20-10-15)23-17(12)8-14/h2,5,8,11,13,15-16,18,20H,3-4,6-7,9-10H2,1H3,(H,21,22)/t11-,16+,18-/m0/s1. The summed E-state index contributed by atoms with van der Waals surface area (Å²) in [5.41, 5.74) is 2.42. The lowest BCUT2D eigenvalue weighted by molar-refractivity contribution is -0.142. The van der Waals surface area contributed by atoms with Gasteiger partial charge in [-0.25, -0.2) is 0 Å². The van der Waals surface area contributed by atoms with E-state index in [4.69, 9.17) is 4.74 Å². The van der Waals surface area contributed by atoms with Crippen molar-refractivity contribution in [2.75, 3.05) is 13.1 Å². The number of carboxylic acid groups (broad SMARTS) is 1. The van der Waals surface area contributed by atoms with Gasteiger partial charge in [-0.15, -0.1) is 0 Å². The Balaban J connectivity index is 1.59. The van der Waals surface area contributed by atoms with Crippen molar-refractivity contribution >= 4 is 5.97 Å². The van der Waals surface area contributed by atoms with Gasteiger partial charge in [0.2, 0.25) is 0 Å². The van der Waals surface area contributed by atoms with E-state index in [9.17, 15) is 9.90 Å². The summed E-state index contributed by atoms with van der Waals surface area (Å²) in [6.07, 6.45) is 4.78. The Kier molecular flexibility index (Phi) is 3.80. The second kappa shape index (κ2) is 5.82. The van der Waals surface area contributed by atoms with Crippen LogP contribution in [0.15, 0.2) is 18.2 Å². The molecule has 124 valence electrons. The molecule has 0 spiro atoms. The van der Waals surface area contributed by atoms with Crippen LogP contribution in [0.25, 0.3) is 0 Å². The molecule has 3 atom stereocenters. The summed E-state index contributed by atoms with van der Waals surface area (Å²) < 4.78 is 6.28. The molecule has 4 heteroatoms. The second-order valence-corrected chi connectivity index (χ2v) is 7.47. The van der Waals surface area contributed by atoms with E-state index in [2.05, 4.69) is 23.5 Å². The lowest BCUT2D eigenvalue weighted by atomic mass is 9.82. The maximum atomic E-state index is 11.5. The van der Waals surface area contributed by atoms with Crippen LogP contribution in [-0.2, 0) is 11.2 Å². The zero-order valence-corrected chi connectivity index (χ0v) is 13.6. The van der Waals surface area contributed by atoms with E-state index in [1.54, 1.807) is 0 Å². The number of carboxylic acids is 1. The number of hydrogen-bond acceptors (Lipinski definition) is 3. The van der Waals surface area contributed by atoms with Gasteiger partial charge in [-0.05, 0) is 54.7 Å². The fourth-order valence-electron chi connectivity index (χ4n) is 4.10. The minimum absolute atomic E-state index is 0.118. The van der Waals surface area contributed by atoms with Gasteiger partial charge in [0.25, 0.3) is 0 Å². The number of benzene rings is 1. The number of hydrogen-bond donors (Lipinski definition) is 2. The van der Waals surface area contributed by atoms with Crippen molar-refractivity contribution in [3.05, 3.63) is 29.3 Å². The van der Waals surface area contributed by atoms with Crippen molar-refractivity contribution in [3.8, 4) is 5.75 Å². The Morgan fingerprint density at radius 3 is 2.70 bits per heavy atom. The molecular weight excluding hydrogens is 290 g/mol. The molecule has 1 saturated heterocycles. The summed E-state index contributed by atoms with van der Waals surface area (Å²) in [6, 6.07) is 6.43. The Labute approximate surface area is 137 Å². The highest BCUT2D eigenvalue weighted by Gasteiger charge is 2.39. The Morgan fingerprint density at radius 2 is 2.09 bits per heavy atom. The largest absolute Gasteiger partial charge is 0.490 e. The molecule has 2 fully saturated rings. The van der Waals surface area contributed by atoms with Gasteiger partial charge in [0.1, 0.15) is 11.9 Å². The fraction of sp³-hybridized carbons (Fsp3) is 0.632. The molecule has 3 aliphatic rings. The van der Waals surface area contributed by atoms with Crippen molar-refractivity contribution in [3.63, 3.8) is 0 Å². The van der Waals surface area contributed by atoms with Crippen LogP contribution in [0.1, 0.15) is 43.2 Å². The molecule has 1 aromatic rings. The quantitative estimate of drug-likeness (QED) is 0.877. The lowest BCUT2D eigenvalue weighted by Crippen LogP contribution is -2.51. The minimum atomic E-state index is -0.695. The molecule has 2 heterocycles. The van der Waals surface area contributed by atoms with Gasteiger partial charge in [-0.1, -0.05) is 19.1 Å². The van der Waals surface area contributed by atoms with Crippen molar-refractivity contribution < 1.29 is 14.6 Å². The van der Waals surface area contributed by atoms with Crippen molar-refractivity contribution in [1.29, 1.82) is 0 Å². The first-order valence-electron chi connectivity index (χ1n) is 8.86. The molecule has 0 aromatic heterocycles. The number of ether oxygens (including phenoxy) is 1. The van der Waals surface area contributed by atoms with Gasteiger partial charge in [0.05, 0.1) is 5.92 Å². The first-order valence-corrected chi connectivity index (χ1v) is 8.86. The highest BCUT2D eigenvalue weighted by Crippen LogP contribution is 2.48. The van der Waals surface area contributed by atoms with Crippen LogP contribution in [0.2, 0.25) is 0 Å². The molecule has 2 aliphatic heterocycles. The molecular formula is C19H25NO3. The molecule has 4 nitrogen and oxygen atoms in total. The van der Waals surface area contributed by atoms with Crippen LogP contribution in [0.4, 0.5) is 0 Å². The second-order valence-electron chi connectivity index (χ2n) is 7.47. The van der Waals surface area contributed by atoms with Crippen LogP contribution >= 0.6 is 0 Å². The molecule has 0 unspecified atom stereocenters. The third-order valence-electron chi connectivity index (χ3n) is 5.85. The highest BCUT2D eigenvalue weighted by molar-refractivity contribution is 5.71. The van der Waals surface area contributed by atoms with E-state index in [0.717, 1.165) is 50.1 Å². The van der Waals surface area contributed by atoms with Crippen LogP contribution in [0, 0.1) is 17.8 Å². The van der Waals surface area contributed by atoms with E-state index in [-0.39, 0.29) is 11.8 Å². The Bertz CT molecular complexity index is 607. The van der Waals surface area contributed by atoms with Gasteiger partial charge in [-0.2, -0.15) is 0 Å². The Morgan fingerprint density at radius 1 is 1.30 bits per heavy atom. The van der Waals surface area contributed by atoms with Crippen LogP contribution in [-0.4, -0.2) is 30.3 Å². The van der Waals surface area contributed by atoms with Gasteiger partial charge in [-0.3, -0.25) is 4.79 Å². The van der Waals surface area contributed by atoms with E-state index < -0.39 is 5.97 Å². The van der Waals surface area contributed by atoms with Gasteiger partial charge >= 0.3 is 5.97 Å². The summed E-state index contributed by atoms with van der Waals surface area (Å²) in [5, 5.41) is 12.8. The number of nitrogens with one attached hydrogen (secondary N) is 1. The van der Waals surface area contributed by atoms with E-state index >= 15 is 0 Å². The summed E-state index contributed by atoms with van der Waals surface area (Å²) in [7, 11) is 0. The zero-order chi connectivity index (χ0) is 16.0. The normalized spacial score (nSPS) is 26.6. The molecule has 4 rings (SSSR count). The Hall–Kier alpha value is -1.55. The predicted molar refractivity (Wildman–Crippen MR) is 87.8 cm³/mol. The molecule has 23 heavy (non-hydrogen) atoms. The van der Waals surface area contributed by atoms with Crippen LogP contribution in [0.3, 0.4) is 0 Å². The maximum Gasteiger partial charge on any atom is 0.306 e. The van der Waals surface area contributed by atoms with E-state index in [1.165, 1.54) is 5.56 Å². The van der Waals surface area contributed by atoms with Crippen molar-refractivity contribution in [2.45, 2.75) is 44.6 Å². The predicted octanol–water partition coefficient (Wildman–Crippen LogP) is 2.81.